The third kappa shape index (κ3) is 4.21. The average molecular weight is 290 g/mol. The minimum absolute atomic E-state index is 0.470. The van der Waals surface area contributed by atoms with Gasteiger partial charge in [-0.15, -0.1) is 0 Å². The highest BCUT2D eigenvalue weighted by molar-refractivity contribution is 5.29. The Morgan fingerprint density at radius 1 is 1.33 bits per heavy atom. The van der Waals surface area contributed by atoms with Crippen molar-refractivity contribution in [1.29, 1.82) is 0 Å². The molecule has 0 radical (unpaired) electrons. The molecule has 3 atom stereocenters. The first-order chi connectivity index (χ1) is 10.2. The van der Waals surface area contributed by atoms with Crippen LogP contribution in [0.5, 0.6) is 5.75 Å². The van der Waals surface area contributed by atoms with Crippen LogP contribution in [0.15, 0.2) is 24.3 Å². The SMILES string of the molecule is CCCNC1CCN(C(C)c2ccc(OC)cc2)C(C)C1. The standard InChI is InChI=1S/C18H30N2O/c1-5-11-19-17-10-12-20(14(2)13-17)15(3)16-6-8-18(21-4)9-7-16/h6-9,14-15,17,19H,5,10-13H2,1-4H3. The molecule has 1 heterocycles. The van der Waals surface area contributed by atoms with Crippen LogP contribution >= 0.6 is 0 Å². The third-order valence-electron chi connectivity index (χ3n) is 4.71. The number of nitrogens with zero attached hydrogens (tertiary/aromatic N) is 1. The molecule has 3 unspecified atom stereocenters. The Kier molecular flexibility index (Phi) is 6.07. The van der Waals surface area contributed by atoms with E-state index in [4.69, 9.17) is 4.74 Å². The fourth-order valence-corrected chi connectivity index (χ4v) is 3.37. The van der Waals surface area contributed by atoms with E-state index < -0.39 is 0 Å². The van der Waals surface area contributed by atoms with Crippen molar-refractivity contribution in [2.45, 2.75) is 58.2 Å². The Balaban J connectivity index is 1.94. The van der Waals surface area contributed by atoms with Gasteiger partial charge in [0.1, 0.15) is 5.75 Å². The smallest absolute Gasteiger partial charge is 0.118 e. The van der Waals surface area contributed by atoms with E-state index in [1.807, 2.05) is 0 Å². The van der Waals surface area contributed by atoms with Gasteiger partial charge in [0.15, 0.2) is 0 Å². The van der Waals surface area contributed by atoms with E-state index in [2.05, 4.69) is 55.3 Å². The predicted octanol–water partition coefficient (Wildman–Crippen LogP) is 3.61. The quantitative estimate of drug-likeness (QED) is 0.866. The zero-order valence-electron chi connectivity index (χ0n) is 13.9. The van der Waals surface area contributed by atoms with Crippen LogP contribution in [0.1, 0.15) is 51.6 Å². The van der Waals surface area contributed by atoms with E-state index in [0.717, 1.165) is 12.3 Å². The molecule has 3 heteroatoms. The van der Waals surface area contributed by atoms with E-state index in [-0.39, 0.29) is 0 Å². The van der Waals surface area contributed by atoms with Gasteiger partial charge in [0.25, 0.3) is 0 Å². The number of hydrogen-bond acceptors (Lipinski definition) is 3. The molecule has 0 amide bonds. The highest BCUT2D eigenvalue weighted by Gasteiger charge is 2.28. The lowest BCUT2D eigenvalue weighted by Crippen LogP contribution is -2.48. The number of hydrogen-bond donors (Lipinski definition) is 1. The van der Waals surface area contributed by atoms with Crippen molar-refractivity contribution >= 4 is 0 Å². The predicted molar refractivity (Wildman–Crippen MR) is 88.9 cm³/mol. The molecule has 1 aliphatic heterocycles. The van der Waals surface area contributed by atoms with Crippen LogP contribution in [0, 0.1) is 0 Å². The molecule has 1 aromatic rings. The molecule has 2 rings (SSSR count). The van der Waals surface area contributed by atoms with Crippen molar-refractivity contribution in [2.24, 2.45) is 0 Å². The van der Waals surface area contributed by atoms with Crippen LogP contribution in [0.3, 0.4) is 0 Å². The van der Waals surface area contributed by atoms with Crippen molar-refractivity contribution in [3.05, 3.63) is 29.8 Å². The third-order valence-corrected chi connectivity index (χ3v) is 4.71. The van der Waals surface area contributed by atoms with Crippen molar-refractivity contribution in [3.63, 3.8) is 0 Å². The maximum absolute atomic E-state index is 5.25. The minimum atomic E-state index is 0.470. The molecule has 1 aromatic carbocycles. The maximum atomic E-state index is 5.25. The fraction of sp³-hybridized carbons (Fsp3) is 0.667. The number of nitrogens with one attached hydrogen (secondary N) is 1. The minimum Gasteiger partial charge on any atom is -0.497 e. The van der Waals surface area contributed by atoms with Crippen LogP contribution in [-0.4, -0.2) is 37.2 Å². The molecule has 0 aromatic heterocycles. The second kappa shape index (κ2) is 7.81. The lowest BCUT2D eigenvalue weighted by molar-refractivity contribution is 0.0956. The highest BCUT2D eigenvalue weighted by atomic mass is 16.5. The van der Waals surface area contributed by atoms with Crippen molar-refractivity contribution in [2.75, 3.05) is 20.2 Å². The van der Waals surface area contributed by atoms with Gasteiger partial charge in [-0.2, -0.15) is 0 Å². The van der Waals surface area contributed by atoms with Crippen LogP contribution in [0.4, 0.5) is 0 Å². The summed E-state index contributed by atoms with van der Waals surface area (Å²) in [5.41, 5.74) is 1.38. The first kappa shape index (κ1) is 16.3. The Labute approximate surface area is 129 Å². The van der Waals surface area contributed by atoms with Crippen LogP contribution in [-0.2, 0) is 0 Å². The normalized spacial score (nSPS) is 24.8. The summed E-state index contributed by atoms with van der Waals surface area (Å²) >= 11 is 0. The molecule has 21 heavy (non-hydrogen) atoms. The monoisotopic (exact) mass is 290 g/mol. The Hall–Kier alpha value is -1.06. The number of piperidine rings is 1. The first-order valence-corrected chi connectivity index (χ1v) is 8.28. The highest BCUT2D eigenvalue weighted by Crippen LogP contribution is 2.29. The number of benzene rings is 1. The second-order valence-electron chi connectivity index (χ2n) is 6.21. The van der Waals surface area contributed by atoms with Gasteiger partial charge >= 0.3 is 0 Å². The maximum Gasteiger partial charge on any atom is 0.118 e. The van der Waals surface area contributed by atoms with Crippen LogP contribution < -0.4 is 10.1 Å². The summed E-state index contributed by atoms with van der Waals surface area (Å²) in [6, 6.07) is 10.3. The van der Waals surface area contributed by atoms with Gasteiger partial charge in [-0.05, 0) is 57.4 Å². The van der Waals surface area contributed by atoms with Crippen LogP contribution in [0.25, 0.3) is 0 Å². The number of rotatable bonds is 6. The zero-order valence-corrected chi connectivity index (χ0v) is 13.9. The van der Waals surface area contributed by atoms with Gasteiger partial charge in [0, 0.05) is 24.7 Å². The van der Waals surface area contributed by atoms with Gasteiger partial charge in [-0.1, -0.05) is 19.1 Å². The molecule has 118 valence electrons. The molecule has 1 aliphatic rings. The lowest BCUT2D eigenvalue weighted by atomic mass is 9.94. The van der Waals surface area contributed by atoms with Gasteiger partial charge in [0.05, 0.1) is 7.11 Å². The molecular weight excluding hydrogens is 260 g/mol. The zero-order chi connectivity index (χ0) is 15.2. The van der Waals surface area contributed by atoms with E-state index in [0.29, 0.717) is 18.1 Å². The summed E-state index contributed by atoms with van der Waals surface area (Å²) in [5, 5.41) is 3.67. The Bertz CT molecular complexity index is 418. The number of likely N-dealkylation sites (tertiary alicyclic amines) is 1. The first-order valence-electron chi connectivity index (χ1n) is 8.28. The average Bonchev–Trinajstić information content (AvgIpc) is 2.52. The fourth-order valence-electron chi connectivity index (χ4n) is 3.37. The summed E-state index contributed by atoms with van der Waals surface area (Å²) in [4.78, 5) is 2.63. The number of methoxy groups -OCH3 is 1. The van der Waals surface area contributed by atoms with Crippen LogP contribution in [0.2, 0.25) is 0 Å². The molecule has 0 bridgehead atoms. The molecule has 1 saturated heterocycles. The van der Waals surface area contributed by atoms with E-state index in [1.54, 1.807) is 7.11 Å². The lowest BCUT2D eigenvalue weighted by Gasteiger charge is -2.41. The molecule has 1 N–H and O–H groups in total. The summed E-state index contributed by atoms with van der Waals surface area (Å²) in [5.74, 6) is 0.932. The molecule has 3 nitrogen and oxygen atoms in total. The molecular formula is C18H30N2O. The van der Waals surface area contributed by atoms with E-state index in [9.17, 15) is 0 Å². The molecule has 0 aliphatic carbocycles. The summed E-state index contributed by atoms with van der Waals surface area (Å²) in [7, 11) is 1.72. The largest absolute Gasteiger partial charge is 0.497 e. The summed E-state index contributed by atoms with van der Waals surface area (Å²) < 4.78 is 5.25. The summed E-state index contributed by atoms with van der Waals surface area (Å²) in [6.07, 6.45) is 3.72. The molecule has 0 spiro atoms. The van der Waals surface area contributed by atoms with Gasteiger partial charge < -0.3 is 10.1 Å². The Morgan fingerprint density at radius 3 is 2.62 bits per heavy atom. The van der Waals surface area contributed by atoms with Gasteiger partial charge in [-0.3, -0.25) is 4.90 Å². The van der Waals surface area contributed by atoms with Crippen molar-refractivity contribution < 1.29 is 4.74 Å². The van der Waals surface area contributed by atoms with E-state index in [1.165, 1.54) is 31.4 Å². The summed E-state index contributed by atoms with van der Waals surface area (Å²) in [6.45, 7) is 9.23. The molecule has 1 fully saturated rings. The van der Waals surface area contributed by atoms with Gasteiger partial charge in [-0.25, -0.2) is 0 Å². The van der Waals surface area contributed by atoms with E-state index >= 15 is 0 Å². The van der Waals surface area contributed by atoms with Crippen molar-refractivity contribution in [3.8, 4) is 5.75 Å². The second-order valence-corrected chi connectivity index (χ2v) is 6.21. The Morgan fingerprint density at radius 2 is 2.05 bits per heavy atom. The topological polar surface area (TPSA) is 24.5 Å². The number of ether oxygens (including phenoxy) is 1. The molecule has 0 saturated carbocycles. The van der Waals surface area contributed by atoms with Crippen molar-refractivity contribution in [1.82, 2.24) is 10.2 Å². The van der Waals surface area contributed by atoms with Gasteiger partial charge in [0.2, 0.25) is 0 Å².